The summed E-state index contributed by atoms with van der Waals surface area (Å²) in [6.07, 6.45) is 2.95. The van der Waals surface area contributed by atoms with Gasteiger partial charge in [-0.3, -0.25) is 0 Å². The van der Waals surface area contributed by atoms with Crippen molar-refractivity contribution in [3.05, 3.63) is 11.8 Å². The van der Waals surface area contributed by atoms with E-state index in [9.17, 15) is 0 Å². The van der Waals surface area contributed by atoms with Crippen molar-refractivity contribution in [2.45, 2.75) is 33.1 Å². The number of nitrogens with one attached hydrogen (secondary N) is 2. The summed E-state index contributed by atoms with van der Waals surface area (Å²) >= 11 is 0. The molecule has 1 aromatic rings. The molecule has 0 fully saturated rings. The quantitative estimate of drug-likeness (QED) is 0.602. The van der Waals surface area contributed by atoms with Gasteiger partial charge in [-0.25, -0.2) is 4.98 Å². The number of unbranched alkanes of at least 4 members (excludes halogenated alkanes) is 2. The zero-order valence-corrected chi connectivity index (χ0v) is 10.7. The minimum absolute atomic E-state index is 0.275. The highest BCUT2D eigenvalue weighted by atomic mass is 16.2. The number of rotatable bonds is 8. The molecule has 1 rings (SSSR count). The van der Waals surface area contributed by atoms with Gasteiger partial charge in [-0.1, -0.05) is 0 Å². The highest BCUT2D eigenvalue weighted by Crippen LogP contribution is 2.09. The van der Waals surface area contributed by atoms with E-state index in [0.29, 0.717) is 5.95 Å². The summed E-state index contributed by atoms with van der Waals surface area (Å²) in [7, 11) is 0. The van der Waals surface area contributed by atoms with Gasteiger partial charge in [0.2, 0.25) is 5.95 Å². The number of nitrogens with zero attached hydrogens (tertiary/aromatic N) is 2. The topological polar surface area (TPSA) is 70.1 Å². The average Bonchev–Trinajstić information content (AvgIpc) is 2.28. The molecule has 0 aliphatic carbocycles. The van der Waals surface area contributed by atoms with Gasteiger partial charge in [0.25, 0.3) is 0 Å². The Morgan fingerprint density at radius 3 is 2.71 bits per heavy atom. The minimum atomic E-state index is 0.275. The maximum atomic E-state index is 8.67. The molecule has 96 valence electrons. The molecule has 0 saturated heterocycles. The molecule has 0 aliphatic heterocycles. The molecule has 5 heteroatoms. The van der Waals surface area contributed by atoms with Crippen molar-refractivity contribution in [3.8, 4) is 0 Å². The van der Waals surface area contributed by atoms with Crippen molar-refractivity contribution in [3.63, 3.8) is 0 Å². The molecular weight excluding hydrogens is 216 g/mol. The Bertz CT molecular complexity index is 330. The molecule has 0 spiro atoms. The van der Waals surface area contributed by atoms with Crippen LogP contribution in [-0.2, 0) is 0 Å². The van der Waals surface area contributed by atoms with Crippen molar-refractivity contribution in [1.29, 1.82) is 0 Å². The van der Waals surface area contributed by atoms with Crippen LogP contribution in [0.15, 0.2) is 6.07 Å². The molecule has 0 bridgehead atoms. The Kier molecular flexibility index (Phi) is 6.32. The average molecular weight is 238 g/mol. The van der Waals surface area contributed by atoms with Crippen molar-refractivity contribution in [2.24, 2.45) is 0 Å². The van der Waals surface area contributed by atoms with Crippen LogP contribution in [0.5, 0.6) is 0 Å². The van der Waals surface area contributed by atoms with E-state index in [0.717, 1.165) is 43.9 Å². The van der Waals surface area contributed by atoms with E-state index in [-0.39, 0.29) is 6.61 Å². The molecule has 5 nitrogen and oxygen atoms in total. The molecule has 0 unspecified atom stereocenters. The SMILES string of the molecule is CCNc1nc(C)cc(NCCCCCO)n1. The van der Waals surface area contributed by atoms with Crippen LogP contribution in [0.2, 0.25) is 0 Å². The smallest absolute Gasteiger partial charge is 0.224 e. The van der Waals surface area contributed by atoms with Crippen LogP contribution in [0.25, 0.3) is 0 Å². The fourth-order valence-electron chi connectivity index (χ4n) is 1.53. The summed E-state index contributed by atoms with van der Waals surface area (Å²) in [4.78, 5) is 8.64. The maximum absolute atomic E-state index is 8.67. The third kappa shape index (κ3) is 5.49. The lowest BCUT2D eigenvalue weighted by molar-refractivity contribution is 0.283. The number of aliphatic hydroxyl groups excluding tert-OH is 1. The summed E-state index contributed by atoms with van der Waals surface area (Å²) < 4.78 is 0. The third-order valence-electron chi connectivity index (χ3n) is 2.33. The van der Waals surface area contributed by atoms with Crippen LogP contribution in [-0.4, -0.2) is 34.8 Å². The Balaban J connectivity index is 2.41. The maximum Gasteiger partial charge on any atom is 0.224 e. The molecule has 0 aromatic carbocycles. The zero-order valence-electron chi connectivity index (χ0n) is 10.7. The summed E-state index contributed by atoms with van der Waals surface area (Å²) in [5.41, 5.74) is 0.953. The fraction of sp³-hybridized carbons (Fsp3) is 0.667. The van der Waals surface area contributed by atoms with Crippen LogP contribution in [0, 0.1) is 6.92 Å². The predicted octanol–water partition coefficient (Wildman–Crippen LogP) is 1.79. The van der Waals surface area contributed by atoms with Gasteiger partial charge in [-0.15, -0.1) is 0 Å². The number of aliphatic hydroxyl groups is 1. The second-order valence-corrected chi connectivity index (χ2v) is 3.96. The molecule has 0 amide bonds. The minimum Gasteiger partial charge on any atom is -0.396 e. The van der Waals surface area contributed by atoms with E-state index in [1.807, 2.05) is 19.9 Å². The molecule has 0 radical (unpaired) electrons. The second kappa shape index (κ2) is 7.84. The van der Waals surface area contributed by atoms with Gasteiger partial charge in [0.15, 0.2) is 0 Å². The first-order chi connectivity index (χ1) is 8.26. The van der Waals surface area contributed by atoms with Gasteiger partial charge in [0, 0.05) is 31.5 Å². The standard InChI is InChI=1S/C12H22N4O/c1-3-13-12-15-10(2)9-11(16-12)14-7-5-4-6-8-17/h9,17H,3-8H2,1-2H3,(H2,13,14,15,16). The van der Waals surface area contributed by atoms with Crippen LogP contribution in [0.4, 0.5) is 11.8 Å². The molecule has 3 N–H and O–H groups in total. The first-order valence-corrected chi connectivity index (χ1v) is 6.20. The highest BCUT2D eigenvalue weighted by molar-refractivity contribution is 5.41. The van der Waals surface area contributed by atoms with E-state index in [1.165, 1.54) is 0 Å². The summed E-state index contributed by atoms with van der Waals surface area (Å²) in [6.45, 7) is 5.95. The number of hydrogen-bond donors (Lipinski definition) is 3. The molecule has 1 heterocycles. The Morgan fingerprint density at radius 2 is 2.00 bits per heavy atom. The van der Waals surface area contributed by atoms with Gasteiger partial charge in [0.05, 0.1) is 0 Å². The first-order valence-electron chi connectivity index (χ1n) is 6.20. The largest absolute Gasteiger partial charge is 0.396 e. The lowest BCUT2D eigenvalue weighted by Crippen LogP contribution is -2.08. The molecule has 17 heavy (non-hydrogen) atoms. The third-order valence-corrected chi connectivity index (χ3v) is 2.33. The molecule has 0 saturated carbocycles. The van der Waals surface area contributed by atoms with E-state index in [4.69, 9.17) is 5.11 Å². The van der Waals surface area contributed by atoms with Gasteiger partial charge in [-0.2, -0.15) is 4.98 Å². The highest BCUT2D eigenvalue weighted by Gasteiger charge is 2.00. The number of anilines is 2. The van der Waals surface area contributed by atoms with Crippen molar-refractivity contribution < 1.29 is 5.11 Å². The van der Waals surface area contributed by atoms with E-state index >= 15 is 0 Å². The van der Waals surface area contributed by atoms with Crippen molar-refractivity contribution >= 4 is 11.8 Å². The zero-order chi connectivity index (χ0) is 12.5. The second-order valence-electron chi connectivity index (χ2n) is 3.96. The van der Waals surface area contributed by atoms with Gasteiger partial charge in [0.1, 0.15) is 5.82 Å². The van der Waals surface area contributed by atoms with E-state index < -0.39 is 0 Å². The number of aromatic nitrogens is 2. The molecule has 0 aliphatic rings. The predicted molar refractivity (Wildman–Crippen MR) is 70.4 cm³/mol. The van der Waals surface area contributed by atoms with Crippen LogP contribution in [0.1, 0.15) is 31.9 Å². The van der Waals surface area contributed by atoms with Crippen molar-refractivity contribution in [1.82, 2.24) is 9.97 Å². The summed E-state index contributed by atoms with van der Waals surface area (Å²) in [6, 6.07) is 1.94. The van der Waals surface area contributed by atoms with Gasteiger partial charge in [-0.05, 0) is 33.1 Å². The molecule has 1 aromatic heterocycles. The van der Waals surface area contributed by atoms with Crippen LogP contribution >= 0.6 is 0 Å². The lowest BCUT2D eigenvalue weighted by Gasteiger charge is -2.08. The first kappa shape index (κ1) is 13.7. The lowest BCUT2D eigenvalue weighted by atomic mass is 10.2. The monoisotopic (exact) mass is 238 g/mol. The Morgan fingerprint density at radius 1 is 1.18 bits per heavy atom. The number of hydrogen-bond acceptors (Lipinski definition) is 5. The summed E-state index contributed by atoms with van der Waals surface area (Å²) in [5, 5.41) is 15.0. The fourth-order valence-corrected chi connectivity index (χ4v) is 1.53. The van der Waals surface area contributed by atoms with Crippen LogP contribution < -0.4 is 10.6 Å². The number of aryl methyl sites for hydroxylation is 1. The molecule has 0 atom stereocenters. The molecular formula is C12H22N4O. The van der Waals surface area contributed by atoms with Gasteiger partial charge < -0.3 is 15.7 Å². The van der Waals surface area contributed by atoms with Crippen molar-refractivity contribution in [2.75, 3.05) is 30.3 Å². The van der Waals surface area contributed by atoms with Gasteiger partial charge >= 0.3 is 0 Å². The van der Waals surface area contributed by atoms with E-state index in [1.54, 1.807) is 0 Å². The summed E-state index contributed by atoms with van der Waals surface area (Å²) in [5.74, 6) is 1.53. The Labute approximate surface area is 103 Å². The van der Waals surface area contributed by atoms with E-state index in [2.05, 4.69) is 20.6 Å². The Hall–Kier alpha value is -1.36. The van der Waals surface area contributed by atoms with Crippen LogP contribution in [0.3, 0.4) is 0 Å². The normalized spacial score (nSPS) is 10.3.